The summed E-state index contributed by atoms with van der Waals surface area (Å²) in [6.07, 6.45) is 5.61. The number of nitrogens with one attached hydrogen (secondary N) is 1. The standard InChI is InChI=1S/C8H15N3O2S/c1-8-6-9-11(7-8)5-3-4-10-14(2,12)13/h6-7,10H,3-5H2,1-2H3. The lowest BCUT2D eigenvalue weighted by molar-refractivity contribution is 0.556. The average molecular weight is 217 g/mol. The van der Waals surface area contributed by atoms with Crippen molar-refractivity contribution in [2.24, 2.45) is 0 Å². The monoisotopic (exact) mass is 217 g/mol. The number of aromatic nitrogens is 2. The van der Waals surface area contributed by atoms with Crippen LogP contribution in [0.1, 0.15) is 12.0 Å². The van der Waals surface area contributed by atoms with Crippen molar-refractivity contribution in [3.63, 3.8) is 0 Å². The van der Waals surface area contributed by atoms with Gasteiger partial charge in [-0.2, -0.15) is 5.10 Å². The van der Waals surface area contributed by atoms with E-state index in [1.54, 1.807) is 10.9 Å². The molecule has 0 bridgehead atoms. The third-order valence-electron chi connectivity index (χ3n) is 1.69. The predicted octanol–water partition coefficient (Wildman–Crippen LogP) is 0.131. The molecule has 1 rings (SSSR count). The second-order valence-electron chi connectivity index (χ2n) is 3.30. The van der Waals surface area contributed by atoms with E-state index in [9.17, 15) is 8.42 Å². The first-order chi connectivity index (χ1) is 6.47. The lowest BCUT2D eigenvalue weighted by atomic mass is 10.4. The lowest BCUT2D eigenvalue weighted by Crippen LogP contribution is -2.23. The Hall–Kier alpha value is -0.880. The topological polar surface area (TPSA) is 64.0 Å². The van der Waals surface area contributed by atoms with Crippen LogP contribution in [0.15, 0.2) is 12.4 Å². The highest BCUT2D eigenvalue weighted by Crippen LogP contribution is 1.95. The van der Waals surface area contributed by atoms with E-state index in [0.717, 1.165) is 24.8 Å². The van der Waals surface area contributed by atoms with Crippen LogP contribution in [0.2, 0.25) is 0 Å². The van der Waals surface area contributed by atoms with Crippen LogP contribution >= 0.6 is 0 Å². The van der Waals surface area contributed by atoms with Crippen LogP contribution < -0.4 is 4.72 Å². The van der Waals surface area contributed by atoms with E-state index in [2.05, 4.69) is 9.82 Å². The van der Waals surface area contributed by atoms with Gasteiger partial charge < -0.3 is 0 Å². The van der Waals surface area contributed by atoms with Gasteiger partial charge in [-0.25, -0.2) is 13.1 Å². The Bertz CT molecular complexity index is 383. The van der Waals surface area contributed by atoms with Crippen molar-refractivity contribution < 1.29 is 8.42 Å². The largest absolute Gasteiger partial charge is 0.272 e. The van der Waals surface area contributed by atoms with Crippen LogP contribution in [0.25, 0.3) is 0 Å². The molecule has 6 heteroatoms. The number of hydrogen-bond acceptors (Lipinski definition) is 3. The molecule has 0 aromatic carbocycles. The van der Waals surface area contributed by atoms with E-state index in [-0.39, 0.29) is 0 Å². The molecule has 0 radical (unpaired) electrons. The highest BCUT2D eigenvalue weighted by molar-refractivity contribution is 7.88. The zero-order valence-electron chi connectivity index (χ0n) is 8.40. The van der Waals surface area contributed by atoms with E-state index in [1.165, 1.54) is 0 Å². The van der Waals surface area contributed by atoms with Crippen LogP contribution in [0.3, 0.4) is 0 Å². The first-order valence-electron chi connectivity index (χ1n) is 4.41. The number of nitrogens with zero attached hydrogens (tertiary/aromatic N) is 2. The van der Waals surface area contributed by atoms with Crippen molar-refractivity contribution in [3.05, 3.63) is 18.0 Å². The Kier molecular flexibility index (Phi) is 3.65. The lowest BCUT2D eigenvalue weighted by Gasteiger charge is -2.02. The van der Waals surface area contributed by atoms with Gasteiger partial charge in [0.2, 0.25) is 10.0 Å². The zero-order chi connectivity index (χ0) is 10.6. The molecule has 0 atom stereocenters. The van der Waals surface area contributed by atoms with Gasteiger partial charge in [-0.05, 0) is 18.9 Å². The molecule has 1 heterocycles. The summed E-state index contributed by atoms with van der Waals surface area (Å²) < 4.78 is 25.7. The van der Waals surface area contributed by atoms with Gasteiger partial charge in [0.1, 0.15) is 0 Å². The van der Waals surface area contributed by atoms with Crippen molar-refractivity contribution >= 4 is 10.0 Å². The Morgan fingerprint density at radius 3 is 2.79 bits per heavy atom. The molecular weight excluding hydrogens is 202 g/mol. The van der Waals surface area contributed by atoms with Crippen molar-refractivity contribution in [2.45, 2.75) is 19.9 Å². The first kappa shape index (κ1) is 11.2. The maximum absolute atomic E-state index is 10.7. The minimum Gasteiger partial charge on any atom is -0.272 e. The molecule has 14 heavy (non-hydrogen) atoms. The fourth-order valence-electron chi connectivity index (χ4n) is 1.09. The van der Waals surface area contributed by atoms with Gasteiger partial charge in [0, 0.05) is 19.3 Å². The maximum atomic E-state index is 10.7. The van der Waals surface area contributed by atoms with Crippen LogP contribution in [-0.2, 0) is 16.6 Å². The maximum Gasteiger partial charge on any atom is 0.208 e. The molecule has 0 aliphatic heterocycles. The first-order valence-corrected chi connectivity index (χ1v) is 6.30. The normalized spacial score (nSPS) is 11.9. The Morgan fingerprint density at radius 2 is 2.29 bits per heavy atom. The summed E-state index contributed by atoms with van der Waals surface area (Å²) in [7, 11) is -3.05. The number of sulfonamides is 1. The van der Waals surface area contributed by atoms with E-state index >= 15 is 0 Å². The number of hydrogen-bond donors (Lipinski definition) is 1. The predicted molar refractivity (Wildman–Crippen MR) is 54.4 cm³/mol. The molecule has 1 aromatic rings. The van der Waals surface area contributed by atoms with Gasteiger partial charge >= 0.3 is 0 Å². The highest BCUT2D eigenvalue weighted by Gasteiger charge is 1.99. The van der Waals surface area contributed by atoms with Gasteiger partial charge in [0.05, 0.1) is 12.5 Å². The molecule has 0 saturated heterocycles. The molecular formula is C8H15N3O2S. The third kappa shape index (κ3) is 4.38. The molecule has 80 valence electrons. The quantitative estimate of drug-likeness (QED) is 0.713. The van der Waals surface area contributed by atoms with E-state index in [1.807, 2.05) is 13.1 Å². The Morgan fingerprint density at radius 1 is 1.57 bits per heavy atom. The summed E-state index contributed by atoms with van der Waals surface area (Å²) in [4.78, 5) is 0. The Balaban J connectivity index is 2.23. The molecule has 1 N–H and O–H groups in total. The molecule has 0 saturated carbocycles. The minimum atomic E-state index is -3.05. The summed E-state index contributed by atoms with van der Waals surface area (Å²) >= 11 is 0. The summed E-state index contributed by atoms with van der Waals surface area (Å²) in [5.41, 5.74) is 1.11. The SMILES string of the molecule is Cc1cnn(CCCNS(C)(=O)=O)c1. The molecule has 5 nitrogen and oxygen atoms in total. The van der Waals surface area contributed by atoms with Gasteiger partial charge in [0.25, 0.3) is 0 Å². The second kappa shape index (κ2) is 4.56. The summed E-state index contributed by atoms with van der Waals surface area (Å²) in [5, 5.41) is 4.09. The van der Waals surface area contributed by atoms with Gasteiger partial charge in [-0.1, -0.05) is 0 Å². The second-order valence-corrected chi connectivity index (χ2v) is 5.13. The van der Waals surface area contributed by atoms with Crippen molar-refractivity contribution in [1.29, 1.82) is 0 Å². The fourth-order valence-corrected chi connectivity index (χ4v) is 1.60. The molecule has 0 aliphatic rings. The molecule has 0 amide bonds. The summed E-state index contributed by atoms with van der Waals surface area (Å²) in [5.74, 6) is 0. The minimum absolute atomic E-state index is 0.456. The molecule has 0 fully saturated rings. The van der Waals surface area contributed by atoms with E-state index in [4.69, 9.17) is 0 Å². The van der Waals surface area contributed by atoms with E-state index in [0.29, 0.717) is 6.54 Å². The smallest absolute Gasteiger partial charge is 0.208 e. The van der Waals surface area contributed by atoms with Gasteiger partial charge in [-0.3, -0.25) is 4.68 Å². The average Bonchev–Trinajstić information content (AvgIpc) is 2.44. The number of rotatable bonds is 5. The number of aryl methyl sites for hydroxylation is 2. The van der Waals surface area contributed by atoms with Crippen LogP contribution in [0, 0.1) is 6.92 Å². The van der Waals surface area contributed by atoms with Gasteiger partial charge in [0.15, 0.2) is 0 Å². The van der Waals surface area contributed by atoms with Gasteiger partial charge in [-0.15, -0.1) is 0 Å². The third-order valence-corrected chi connectivity index (χ3v) is 2.42. The summed E-state index contributed by atoms with van der Waals surface area (Å²) in [6, 6.07) is 0. The van der Waals surface area contributed by atoms with Crippen molar-refractivity contribution in [2.75, 3.05) is 12.8 Å². The zero-order valence-corrected chi connectivity index (χ0v) is 9.21. The van der Waals surface area contributed by atoms with Crippen molar-refractivity contribution in [1.82, 2.24) is 14.5 Å². The van der Waals surface area contributed by atoms with Crippen LogP contribution in [0.4, 0.5) is 0 Å². The fraction of sp³-hybridized carbons (Fsp3) is 0.625. The Labute approximate surface area is 84.2 Å². The highest BCUT2D eigenvalue weighted by atomic mass is 32.2. The molecule has 1 aromatic heterocycles. The molecule has 0 aliphatic carbocycles. The van der Waals surface area contributed by atoms with Crippen LogP contribution in [0.5, 0.6) is 0 Å². The van der Waals surface area contributed by atoms with Crippen LogP contribution in [-0.4, -0.2) is 31.0 Å². The molecule has 0 unspecified atom stereocenters. The van der Waals surface area contributed by atoms with Crippen molar-refractivity contribution in [3.8, 4) is 0 Å². The summed E-state index contributed by atoms with van der Waals surface area (Å²) in [6.45, 7) is 3.16. The molecule has 0 spiro atoms. The van der Waals surface area contributed by atoms with E-state index < -0.39 is 10.0 Å².